The number of thioether (sulfide) groups is 1. The van der Waals surface area contributed by atoms with Crippen molar-refractivity contribution in [1.82, 2.24) is 19.8 Å². The molecule has 138 valence electrons. The molecule has 2 amide bonds. The van der Waals surface area contributed by atoms with E-state index in [4.69, 9.17) is 0 Å². The molecule has 3 heterocycles. The highest BCUT2D eigenvalue weighted by Gasteiger charge is 2.35. The molecule has 0 fully saturated rings. The van der Waals surface area contributed by atoms with E-state index >= 15 is 0 Å². The smallest absolute Gasteiger partial charge is 0.261 e. The first-order valence-electron chi connectivity index (χ1n) is 8.88. The molecular weight excluding hydrogens is 374 g/mol. The summed E-state index contributed by atoms with van der Waals surface area (Å²) in [5.74, 6) is 0.871. The fourth-order valence-corrected chi connectivity index (χ4v) is 4.18. The molecule has 0 saturated heterocycles. The number of carbonyl (C=O) groups excluding carboxylic acids is 2. The van der Waals surface area contributed by atoms with Crippen LogP contribution in [-0.2, 0) is 0 Å². The molecule has 0 radical (unpaired) electrons. The normalized spacial score (nSPS) is 15.4. The second-order valence-electron chi connectivity index (χ2n) is 6.50. The summed E-state index contributed by atoms with van der Waals surface area (Å²) in [6.45, 7) is 0.309. The van der Waals surface area contributed by atoms with Crippen LogP contribution in [0.15, 0.2) is 64.9 Å². The van der Waals surface area contributed by atoms with Crippen LogP contribution < -0.4 is 0 Å². The lowest BCUT2D eigenvalue weighted by Gasteiger charge is -2.17. The maximum absolute atomic E-state index is 12.5. The number of aromatic nitrogens is 3. The Hall–Kier alpha value is -3.26. The first-order valence-corrected chi connectivity index (χ1v) is 9.86. The zero-order valence-electron chi connectivity index (χ0n) is 14.8. The lowest BCUT2D eigenvalue weighted by Crippen LogP contribution is -2.32. The number of imide groups is 1. The van der Waals surface area contributed by atoms with Gasteiger partial charge >= 0.3 is 0 Å². The van der Waals surface area contributed by atoms with Crippen molar-refractivity contribution in [2.75, 3.05) is 12.3 Å². The van der Waals surface area contributed by atoms with Gasteiger partial charge in [0.15, 0.2) is 5.82 Å². The predicted octanol–water partition coefficient (Wildman–Crippen LogP) is 2.94. The van der Waals surface area contributed by atoms with Gasteiger partial charge in [-0.15, -0.1) is 10.2 Å². The van der Waals surface area contributed by atoms with E-state index in [0.717, 1.165) is 16.4 Å². The number of benzene rings is 2. The molecule has 0 saturated carbocycles. The summed E-state index contributed by atoms with van der Waals surface area (Å²) in [5.41, 5.74) is 2.78. The molecule has 1 aromatic heterocycles. The van der Waals surface area contributed by atoms with Crippen molar-refractivity contribution in [3.8, 4) is 11.4 Å². The minimum absolute atomic E-state index is 0.236. The number of hydrogen-bond acceptors (Lipinski definition) is 6. The van der Waals surface area contributed by atoms with Crippen molar-refractivity contribution in [2.45, 2.75) is 11.6 Å². The average molecular weight is 389 g/mol. The van der Waals surface area contributed by atoms with Gasteiger partial charge in [0.05, 0.1) is 16.8 Å². The van der Waals surface area contributed by atoms with Crippen molar-refractivity contribution in [2.24, 2.45) is 5.10 Å². The van der Waals surface area contributed by atoms with Gasteiger partial charge in [0.25, 0.3) is 11.8 Å². The molecule has 28 heavy (non-hydrogen) atoms. The molecule has 8 heteroatoms. The third-order valence-corrected chi connectivity index (χ3v) is 5.75. The third-order valence-electron chi connectivity index (χ3n) is 4.76. The molecule has 7 nitrogen and oxygen atoms in total. The van der Waals surface area contributed by atoms with E-state index in [1.54, 1.807) is 40.7 Å². The highest BCUT2D eigenvalue weighted by atomic mass is 32.2. The van der Waals surface area contributed by atoms with Crippen LogP contribution in [-0.4, -0.2) is 49.6 Å². The van der Waals surface area contributed by atoms with Gasteiger partial charge in [0.1, 0.15) is 0 Å². The van der Waals surface area contributed by atoms with Crippen LogP contribution in [0.5, 0.6) is 0 Å². The Kier molecular flexibility index (Phi) is 4.05. The Labute approximate surface area is 165 Å². The maximum atomic E-state index is 12.5. The maximum Gasteiger partial charge on any atom is 0.261 e. The minimum atomic E-state index is -0.236. The monoisotopic (exact) mass is 389 g/mol. The molecule has 0 spiro atoms. The van der Waals surface area contributed by atoms with Crippen LogP contribution in [0.1, 0.15) is 27.1 Å². The van der Waals surface area contributed by atoms with E-state index in [-0.39, 0.29) is 11.8 Å². The van der Waals surface area contributed by atoms with Crippen molar-refractivity contribution < 1.29 is 9.59 Å². The molecule has 3 aromatic rings. The summed E-state index contributed by atoms with van der Waals surface area (Å²) in [5, 5.41) is 13.9. The zero-order chi connectivity index (χ0) is 19.1. The zero-order valence-corrected chi connectivity index (χ0v) is 15.6. The van der Waals surface area contributed by atoms with Gasteiger partial charge in [-0.05, 0) is 12.1 Å². The highest BCUT2D eigenvalue weighted by molar-refractivity contribution is 7.99. The summed E-state index contributed by atoms with van der Waals surface area (Å²) in [7, 11) is 0. The predicted molar refractivity (Wildman–Crippen MR) is 105 cm³/mol. The topological polar surface area (TPSA) is 80.5 Å². The van der Waals surface area contributed by atoms with Gasteiger partial charge in [-0.1, -0.05) is 54.2 Å². The molecule has 2 aliphatic rings. The fraction of sp³-hybridized carbons (Fsp3) is 0.150. The Balaban J connectivity index is 1.37. The van der Waals surface area contributed by atoms with Crippen LogP contribution in [0, 0.1) is 0 Å². The van der Waals surface area contributed by atoms with Crippen LogP contribution in [0.2, 0.25) is 0 Å². The van der Waals surface area contributed by atoms with Crippen molar-refractivity contribution in [3.05, 3.63) is 65.7 Å². The van der Waals surface area contributed by atoms with E-state index in [2.05, 4.69) is 15.3 Å². The van der Waals surface area contributed by atoms with Crippen LogP contribution in [0.25, 0.3) is 11.4 Å². The van der Waals surface area contributed by atoms with E-state index < -0.39 is 0 Å². The van der Waals surface area contributed by atoms with Crippen LogP contribution in [0.4, 0.5) is 0 Å². The summed E-state index contributed by atoms with van der Waals surface area (Å²) in [4.78, 5) is 26.3. The SMILES string of the molecule is O=C1c2ccccc2C(=O)N1CCC1=Nn2c(nnc2-c2ccccc2)SC1. The van der Waals surface area contributed by atoms with Gasteiger partial charge in [-0.25, -0.2) is 0 Å². The molecule has 0 aliphatic carbocycles. The number of carbonyl (C=O) groups is 2. The first-order chi connectivity index (χ1) is 13.7. The average Bonchev–Trinajstić information content (AvgIpc) is 3.27. The van der Waals surface area contributed by atoms with E-state index in [9.17, 15) is 9.59 Å². The lowest BCUT2D eigenvalue weighted by atomic mass is 10.1. The molecule has 0 unspecified atom stereocenters. The Morgan fingerprint density at radius 1 is 0.893 bits per heavy atom. The van der Waals surface area contributed by atoms with Crippen molar-refractivity contribution in [1.29, 1.82) is 0 Å². The van der Waals surface area contributed by atoms with Gasteiger partial charge < -0.3 is 0 Å². The Bertz CT molecular complexity index is 1090. The highest BCUT2D eigenvalue weighted by Crippen LogP contribution is 2.28. The molecule has 0 N–H and O–H groups in total. The van der Waals surface area contributed by atoms with E-state index in [0.29, 0.717) is 35.7 Å². The Morgan fingerprint density at radius 3 is 2.29 bits per heavy atom. The number of rotatable bonds is 4. The first kappa shape index (κ1) is 16.9. The standard InChI is InChI=1S/C20H15N5O2S/c26-18-15-8-4-5-9-16(15)19(27)24(18)11-10-14-12-28-20-22-21-17(25(20)23-14)13-6-2-1-3-7-13/h1-9H,10-12H2. The second kappa shape index (κ2) is 6.72. The summed E-state index contributed by atoms with van der Waals surface area (Å²) in [6, 6.07) is 16.7. The molecular formula is C20H15N5O2S. The summed E-state index contributed by atoms with van der Waals surface area (Å²) in [6.07, 6.45) is 0.518. The second-order valence-corrected chi connectivity index (χ2v) is 7.44. The summed E-state index contributed by atoms with van der Waals surface area (Å²) >= 11 is 1.55. The fourth-order valence-electron chi connectivity index (χ4n) is 3.34. The molecule has 5 rings (SSSR count). The Morgan fingerprint density at radius 2 is 1.57 bits per heavy atom. The van der Waals surface area contributed by atoms with Gasteiger partial charge in [-0.2, -0.15) is 9.78 Å². The molecule has 0 atom stereocenters. The number of hydrogen-bond donors (Lipinski definition) is 0. The molecule has 2 aromatic carbocycles. The van der Waals surface area contributed by atoms with Gasteiger partial charge in [0.2, 0.25) is 5.16 Å². The number of amides is 2. The van der Waals surface area contributed by atoms with Crippen molar-refractivity contribution in [3.63, 3.8) is 0 Å². The van der Waals surface area contributed by atoms with Gasteiger partial charge in [0, 0.05) is 24.3 Å². The van der Waals surface area contributed by atoms with E-state index in [1.165, 1.54) is 4.90 Å². The molecule has 2 aliphatic heterocycles. The molecule has 0 bridgehead atoms. The summed E-state index contributed by atoms with van der Waals surface area (Å²) < 4.78 is 1.74. The number of fused-ring (bicyclic) bond motifs is 2. The quantitative estimate of drug-likeness (QED) is 0.641. The minimum Gasteiger partial charge on any atom is -0.274 e. The number of nitrogens with zero attached hydrogens (tertiary/aromatic N) is 5. The van der Waals surface area contributed by atoms with Crippen LogP contribution in [0.3, 0.4) is 0 Å². The van der Waals surface area contributed by atoms with Crippen molar-refractivity contribution >= 4 is 29.3 Å². The van der Waals surface area contributed by atoms with Gasteiger partial charge in [-0.3, -0.25) is 14.5 Å². The van der Waals surface area contributed by atoms with E-state index in [1.807, 2.05) is 30.3 Å². The largest absolute Gasteiger partial charge is 0.274 e. The third kappa shape index (κ3) is 2.73. The lowest BCUT2D eigenvalue weighted by molar-refractivity contribution is 0.0658. The van der Waals surface area contributed by atoms with Crippen LogP contribution >= 0.6 is 11.8 Å².